The van der Waals surface area contributed by atoms with Crippen molar-refractivity contribution >= 4 is 48.2 Å². The van der Waals surface area contributed by atoms with Crippen LogP contribution in [0, 0.1) is 11.5 Å². The molecule has 1 aromatic carbocycles. The fraction of sp³-hybridized carbons (Fsp3) is 0.407. The van der Waals surface area contributed by atoms with Gasteiger partial charge in [0.15, 0.2) is 5.69 Å². The van der Waals surface area contributed by atoms with E-state index in [1.54, 1.807) is 18.0 Å². The molecule has 0 radical (unpaired) electrons. The highest BCUT2D eigenvalue weighted by atomic mass is 35.5. The van der Waals surface area contributed by atoms with E-state index < -0.39 is 26.0 Å². The highest BCUT2D eigenvalue weighted by molar-refractivity contribution is 6.83. The van der Waals surface area contributed by atoms with Crippen molar-refractivity contribution in [3.63, 3.8) is 0 Å². The lowest BCUT2D eigenvalue weighted by atomic mass is 10.0. The molecule has 2 N–H and O–H groups in total. The number of carboxylic acids is 1. The average Bonchev–Trinajstić information content (AvgIpc) is 2.85. The zero-order chi connectivity index (χ0) is 28.7. The van der Waals surface area contributed by atoms with Crippen LogP contribution in [0.15, 0.2) is 29.1 Å². The van der Waals surface area contributed by atoms with Gasteiger partial charge in [0.25, 0.3) is 11.5 Å². The summed E-state index contributed by atoms with van der Waals surface area (Å²) in [5.41, 5.74) is 4.62. The van der Waals surface area contributed by atoms with Crippen molar-refractivity contribution in [2.24, 2.45) is 7.05 Å². The van der Waals surface area contributed by atoms with E-state index in [1.807, 2.05) is 13.0 Å². The third kappa shape index (κ3) is 6.40. The number of aromatic nitrogens is 3. The lowest BCUT2D eigenvalue weighted by Gasteiger charge is -2.33. The maximum atomic E-state index is 13.8. The molecular weight excluding hydrogens is 544 g/mol. The quantitative estimate of drug-likeness (QED) is 0.242. The Kier molecular flexibility index (Phi) is 7.74. The molecule has 1 aliphatic heterocycles. The van der Waals surface area contributed by atoms with Crippen molar-refractivity contribution in [1.82, 2.24) is 14.5 Å². The Bertz CT molecular complexity index is 1570. The predicted molar refractivity (Wildman–Crippen MR) is 152 cm³/mol. The van der Waals surface area contributed by atoms with Crippen LogP contribution in [0.4, 0.5) is 20.4 Å². The predicted octanol–water partition coefficient (Wildman–Crippen LogP) is 5.32. The molecular formula is C27H30ClF2N5O3Si. The summed E-state index contributed by atoms with van der Waals surface area (Å²) < 4.78 is 29.0. The van der Waals surface area contributed by atoms with Crippen LogP contribution in [-0.2, 0) is 7.05 Å². The largest absolute Gasteiger partial charge is 0.476 e. The van der Waals surface area contributed by atoms with Gasteiger partial charge in [0.2, 0.25) is 5.95 Å². The zero-order valence-electron chi connectivity index (χ0n) is 22.4. The second-order valence-electron chi connectivity index (χ2n) is 10.8. The minimum Gasteiger partial charge on any atom is -0.476 e. The number of halogens is 3. The van der Waals surface area contributed by atoms with Gasteiger partial charge in [0.1, 0.15) is 13.2 Å². The molecule has 4 rings (SSSR count). The number of rotatable bonds is 5. The Hall–Kier alpha value is -3.49. The van der Waals surface area contributed by atoms with Gasteiger partial charge in [-0.05, 0) is 31.2 Å². The Morgan fingerprint density at radius 3 is 2.49 bits per heavy atom. The first-order chi connectivity index (χ1) is 18.1. The highest BCUT2D eigenvalue weighted by Crippen LogP contribution is 2.32. The van der Waals surface area contributed by atoms with Crippen molar-refractivity contribution < 1.29 is 18.7 Å². The SMILES string of the molecule is C[C@@H](Nc1ccc(Cl)nc1C(=O)O)c1cc(C#C[Si](C)(C)C)cc2c(=O)n(C)c(N3CCC(F)(F)CC3)nc12. The topological polar surface area (TPSA) is 100 Å². The van der Waals surface area contributed by atoms with E-state index in [0.29, 0.717) is 28.0 Å². The van der Waals surface area contributed by atoms with Crippen LogP contribution < -0.4 is 15.8 Å². The number of aromatic carboxylic acids is 1. The van der Waals surface area contributed by atoms with Crippen LogP contribution in [0.3, 0.4) is 0 Å². The number of carboxylic acid groups (broad SMARTS) is 1. The zero-order valence-corrected chi connectivity index (χ0v) is 24.2. The number of anilines is 2. The Morgan fingerprint density at radius 1 is 1.21 bits per heavy atom. The number of alkyl halides is 2. The molecule has 3 heterocycles. The van der Waals surface area contributed by atoms with E-state index in [-0.39, 0.29) is 48.0 Å². The minimum atomic E-state index is -2.74. The number of nitrogens with one attached hydrogen (secondary N) is 1. The third-order valence-corrected chi connectivity index (χ3v) is 7.53. The molecule has 0 bridgehead atoms. The van der Waals surface area contributed by atoms with Gasteiger partial charge < -0.3 is 15.3 Å². The number of carbonyl (C=O) groups is 1. The van der Waals surface area contributed by atoms with Crippen LogP contribution in [0.1, 0.15) is 47.4 Å². The van der Waals surface area contributed by atoms with Crippen molar-refractivity contribution in [3.05, 3.63) is 56.6 Å². The molecule has 1 atom stereocenters. The van der Waals surface area contributed by atoms with Crippen LogP contribution in [0.5, 0.6) is 0 Å². The number of piperidine rings is 1. The van der Waals surface area contributed by atoms with Gasteiger partial charge >= 0.3 is 5.97 Å². The molecule has 0 saturated carbocycles. The first kappa shape index (κ1) is 28.5. The molecule has 206 valence electrons. The summed E-state index contributed by atoms with van der Waals surface area (Å²) in [6.45, 7) is 8.29. The maximum Gasteiger partial charge on any atom is 0.356 e. The van der Waals surface area contributed by atoms with Crippen molar-refractivity contribution in [3.8, 4) is 11.5 Å². The van der Waals surface area contributed by atoms with Crippen LogP contribution in [0.2, 0.25) is 24.8 Å². The van der Waals surface area contributed by atoms with Crippen molar-refractivity contribution in [1.29, 1.82) is 0 Å². The first-order valence-electron chi connectivity index (χ1n) is 12.5. The van der Waals surface area contributed by atoms with Gasteiger partial charge in [-0.1, -0.05) is 37.2 Å². The Labute approximate surface area is 231 Å². The first-order valence-corrected chi connectivity index (χ1v) is 16.4. The van der Waals surface area contributed by atoms with Gasteiger partial charge in [-0.3, -0.25) is 9.36 Å². The number of benzene rings is 1. The van der Waals surface area contributed by atoms with Gasteiger partial charge in [0.05, 0.1) is 22.6 Å². The summed E-state index contributed by atoms with van der Waals surface area (Å²) in [5, 5.41) is 13.2. The molecule has 2 aromatic heterocycles. The van der Waals surface area contributed by atoms with Crippen molar-refractivity contribution in [2.45, 2.75) is 51.4 Å². The van der Waals surface area contributed by atoms with Crippen LogP contribution in [-0.4, -0.2) is 52.7 Å². The molecule has 8 nitrogen and oxygen atoms in total. The lowest BCUT2D eigenvalue weighted by Crippen LogP contribution is -2.42. The van der Waals surface area contributed by atoms with Crippen LogP contribution in [0.25, 0.3) is 10.9 Å². The fourth-order valence-electron chi connectivity index (χ4n) is 4.40. The lowest BCUT2D eigenvalue weighted by molar-refractivity contribution is -0.0223. The normalized spacial score (nSPS) is 15.9. The number of fused-ring (bicyclic) bond motifs is 1. The van der Waals surface area contributed by atoms with Crippen molar-refractivity contribution in [2.75, 3.05) is 23.3 Å². The highest BCUT2D eigenvalue weighted by Gasteiger charge is 2.35. The molecule has 1 fully saturated rings. The molecule has 0 amide bonds. The van der Waals surface area contributed by atoms with E-state index in [0.717, 1.165) is 0 Å². The standard InChI is InChI=1S/C27H30ClF2N5O3Si/c1-16(31-20-6-7-21(28)32-23(20)25(37)38)18-14-17(8-13-39(3,4)5)15-19-22(18)33-26(34(2)24(19)36)35-11-9-27(29,30)10-12-35/h6-7,14-16,31H,9-12H2,1-5H3,(H,37,38)/t16-/m1/s1. The summed E-state index contributed by atoms with van der Waals surface area (Å²) in [6.07, 6.45) is -0.642. The second kappa shape index (κ2) is 10.6. The number of nitrogens with zero attached hydrogens (tertiary/aromatic N) is 4. The van der Waals surface area contributed by atoms with E-state index >= 15 is 0 Å². The molecule has 0 aliphatic carbocycles. The number of pyridine rings is 1. The Morgan fingerprint density at radius 2 is 1.87 bits per heavy atom. The van der Waals surface area contributed by atoms with E-state index in [4.69, 9.17) is 16.6 Å². The summed E-state index contributed by atoms with van der Waals surface area (Å²) in [5.74, 6) is -0.490. The summed E-state index contributed by atoms with van der Waals surface area (Å²) in [7, 11) is -0.156. The number of hydrogen-bond acceptors (Lipinski definition) is 6. The monoisotopic (exact) mass is 573 g/mol. The van der Waals surface area contributed by atoms with E-state index in [2.05, 4.69) is 41.4 Å². The molecule has 0 unspecified atom stereocenters. The van der Waals surface area contributed by atoms with Gasteiger partial charge in [-0.25, -0.2) is 23.5 Å². The molecule has 12 heteroatoms. The summed E-state index contributed by atoms with van der Waals surface area (Å²) in [6, 6.07) is 6.01. The molecule has 1 aliphatic rings. The Balaban J connectivity index is 1.88. The van der Waals surface area contributed by atoms with Crippen LogP contribution >= 0.6 is 11.6 Å². The average molecular weight is 574 g/mol. The summed E-state index contributed by atoms with van der Waals surface area (Å²) in [4.78, 5) is 35.8. The van der Waals surface area contributed by atoms with Gasteiger partial charge in [0, 0.05) is 44.1 Å². The van der Waals surface area contributed by atoms with Gasteiger partial charge in [-0.2, -0.15) is 0 Å². The molecule has 1 saturated heterocycles. The molecule has 3 aromatic rings. The van der Waals surface area contributed by atoms with E-state index in [9.17, 15) is 23.5 Å². The maximum absolute atomic E-state index is 13.8. The minimum absolute atomic E-state index is 0.0431. The fourth-order valence-corrected chi connectivity index (χ4v) is 5.06. The summed E-state index contributed by atoms with van der Waals surface area (Å²) >= 11 is 5.91. The molecule has 39 heavy (non-hydrogen) atoms. The van der Waals surface area contributed by atoms with Gasteiger partial charge in [-0.15, -0.1) is 5.54 Å². The van der Waals surface area contributed by atoms with E-state index in [1.165, 1.54) is 16.7 Å². The third-order valence-electron chi connectivity index (χ3n) is 6.45. The smallest absolute Gasteiger partial charge is 0.356 e. The molecule has 0 spiro atoms. The number of hydrogen-bond donors (Lipinski definition) is 2. The second-order valence-corrected chi connectivity index (χ2v) is 15.9.